The molecule has 0 bridgehead atoms. The summed E-state index contributed by atoms with van der Waals surface area (Å²) >= 11 is 0. The van der Waals surface area contributed by atoms with Gasteiger partial charge in [0.1, 0.15) is 0 Å². The molecule has 0 saturated heterocycles. The summed E-state index contributed by atoms with van der Waals surface area (Å²) in [5.74, 6) is 0. The van der Waals surface area contributed by atoms with Gasteiger partial charge in [0.2, 0.25) is 0 Å². The van der Waals surface area contributed by atoms with Crippen LogP contribution < -0.4 is 0 Å². The third kappa shape index (κ3) is 2.09. The molecule has 0 N–H and O–H groups in total. The topological polar surface area (TPSA) is 0 Å². The van der Waals surface area contributed by atoms with Crippen LogP contribution in [-0.2, 0) is 6.42 Å². The average molecular weight is 366 g/mol. The van der Waals surface area contributed by atoms with E-state index in [0.717, 1.165) is 6.42 Å². The Morgan fingerprint density at radius 3 is 1.69 bits per heavy atom. The van der Waals surface area contributed by atoms with Crippen molar-refractivity contribution in [1.29, 1.82) is 0 Å². The van der Waals surface area contributed by atoms with Gasteiger partial charge < -0.3 is 0 Å². The molecule has 0 aromatic heterocycles. The minimum atomic E-state index is 1.03. The van der Waals surface area contributed by atoms with Gasteiger partial charge in [-0.15, -0.1) is 0 Å². The monoisotopic (exact) mass is 366 g/mol. The molecular weight excluding hydrogens is 348 g/mol. The Balaban J connectivity index is 1.63. The molecular formula is C29H18. The van der Waals surface area contributed by atoms with E-state index >= 15 is 0 Å². The molecule has 29 heavy (non-hydrogen) atoms. The van der Waals surface area contributed by atoms with Crippen molar-refractivity contribution in [3.8, 4) is 11.1 Å². The van der Waals surface area contributed by atoms with Crippen molar-refractivity contribution < 1.29 is 0 Å². The predicted octanol–water partition coefficient (Wildman–Crippen LogP) is 7.87. The van der Waals surface area contributed by atoms with Crippen molar-refractivity contribution in [3.63, 3.8) is 0 Å². The number of hydrogen-bond donors (Lipinski definition) is 0. The lowest BCUT2D eigenvalue weighted by atomic mass is 9.92. The van der Waals surface area contributed by atoms with Crippen LogP contribution in [0.5, 0.6) is 0 Å². The first kappa shape index (κ1) is 15.3. The SMILES string of the molecule is c1ccc2cc3cc4c5c(ccc4cc3cc2c1)Cc1ccc2ccccc2c1-5. The normalized spacial score (nSPS) is 12.7. The van der Waals surface area contributed by atoms with E-state index in [2.05, 4.69) is 97.1 Å². The van der Waals surface area contributed by atoms with Gasteiger partial charge in [-0.25, -0.2) is 0 Å². The summed E-state index contributed by atoms with van der Waals surface area (Å²) in [6.07, 6.45) is 1.03. The Morgan fingerprint density at radius 1 is 0.379 bits per heavy atom. The first-order chi connectivity index (χ1) is 14.3. The lowest BCUT2D eigenvalue weighted by molar-refractivity contribution is 1.27. The largest absolute Gasteiger partial charge is 0.0616 e. The van der Waals surface area contributed by atoms with Crippen molar-refractivity contribution in [2.24, 2.45) is 0 Å². The van der Waals surface area contributed by atoms with Crippen LogP contribution in [0.1, 0.15) is 11.1 Å². The van der Waals surface area contributed by atoms with Crippen molar-refractivity contribution in [2.45, 2.75) is 6.42 Å². The molecule has 134 valence electrons. The highest BCUT2D eigenvalue weighted by atomic mass is 14.3. The zero-order valence-corrected chi connectivity index (χ0v) is 15.9. The fraction of sp³-hybridized carbons (Fsp3) is 0.0345. The van der Waals surface area contributed by atoms with E-state index in [-0.39, 0.29) is 0 Å². The average Bonchev–Trinajstić information content (AvgIpc) is 3.16. The summed E-state index contributed by atoms with van der Waals surface area (Å²) in [5.41, 5.74) is 5.77. The van der Waals surface area contributed by atoms with Crippen LogP contribution in [0, 0.1) is 0 Å². The van der Waals surface area contributed by atoms with Crippen LogP contribution in [-0.4, -0.2) is 0 Å². The standard InChI is InChI=1S/C29H18/c1-2-7-20-14-25-17-27-21(15-24(25)13-19(20)6-1)10-12-23-16-22-11-9-18-5-3-4-8-26(18)28(22)29(23)27/h1-15,17H,16H2. The second-order valence-corrected chi connectivity index (χ2v) is 8.22. The van der Waals surface area contributed by atoms with Crippen LogP contribution in [0.2, 0.25) is 0 Å². The molecule has 0 unspecified atom stereocenters. The van der Waals surface area contributed by atoms with E-state index in [4.69, 9.17) is 0 Å². The summed E-state index contributed by atoms with van der Waals surface area (Å²) in [6.45, 7) is 0. The zero-order chi connectivity index (χ0) is 18.9. The van der Waals surface area contributed by atoms with E-state index in [1.165, 1.54) is 65.3 Å². The second-order valence-electron chi connectivity index (χ2n) is 8.22. The minimum absolute atomic E-state index is 1.03. The highest BCUT2D eigenvalue weighted by Crippen LogP contribution is 2.45. The molecule has 6 aromatic rings. The Bertz CT molecular complexity index is 1620. The molecule has 0 radical (unpaired) electrons. The van der Waals surface area contributed by atoms with Crippen LogP contribution in [0.15, 0.2) is 97.1 Å². The summed E-state index contributed by atoms with van der Waals surface area (Å²) < 4.78 is 0. The van der Waals surface area contributed by atoms with Crippen molar-refractivity contribution in [1.82, 2.24) is 0 Å². The van der Waals surface area contributed by atoms with Crippen LogP contribution in [0.25, 0.3) is 54.2 Å². The number of hydrogen-bond acceptors (Lipinski definition) is 0. The quantitative estimate of drug-likeness (QED) is 0.240. The van der Waals surface area contributed by atoms with E-state index in [9.17, 15) is 0 Å². The van der Waals surface area contributed by atoms with E-state index in [1.807, 2.05) is 0 Å². The third-order valence-electron chi connectivity index (χ3n) is 6.57. The van der Waals surface area contributed by atoms with Crippen LogP contribution in [0.4, 0.5) is 0 Å². The highest BCUT2D eigenvalue weighted by Gasteiger charge is 2.23. The lowest BCUT2D eigenvalue weighted by Crippen LogP contribution is -1.85. The van der Waals surface area contributed by atoms with Gasteiger partial charge in [0.25, 0.3) is 0 Å². The molecule has 7 rings (SSSR count). The Kier molecular flexibility index (Phi) is 2.88. The van der Waals surface area contributed by atoms with Gasteiger partial charge in [0.15, 0.2) is 0 Å². The van der Waals surface area contributed by atoms with Crippen LogP contribution in [0.3, 0.4) is 0 Å². The Morgan fingerprint density at radius 2 is 0.931 bits per heavy atom. The van der Waals surface area contributed by atoms with E-state index < -0.39 is 0 Å². The fourth-order valence-electron chi connectivity index (χ4n) is 5.22. The van der Waals surface area contributed by atoms with Crippen LogP contribution >= 0.6 is 0 Å². The fourth-order valence-corrected chi connectivity index (χ4v) is 5.22. The maximum absolute atomic E-state index is 2.41. The molecule has 6 aromatic carbocycles. The smallest absolute Gasteiger partial charge is 0.00130 e. The molecule has 0 heteroatoms. The van der Waals surface area contributed by atoms with E-state index in [0.29, 0.717) is 0 Å². The number of benzene rings is 6. The minimum Gasteiger partial charge on any atom is -0.0616 e. The van der Waals surface area contributed by atoms with Gasteiger partial charge in [0.05, 0.1) is 0 Å². The predicted molar refractivity (Wildman–Crippen MR) is 125 cm³/mol. The first-order valence-electron chi connectivity index (χ1n) is 10.2. The van der Waals surface area contributed by atoms with Gasteiger partial charge in [-0.1, -0.05) is 72.8 Å². The molecule has 1 aliphatic rings. The summed E-state index contributed by atoms with van der Waals surface area (Å²) in [6, 6.07) is 36.1. The van der Waals surface area contributed by atoms with E-state index in [1.54, 1.807) is 0 Å². The molecule has 0 saturated carbocycles. The maximum Gasteiger partial charge on any atom is -0.00130 e. The summed E-state index contributed by atoms with van der Waals surface area (Å²) in [4.78, 5) is 0. The van der Waals surface area contributed by atoms with Crippen molar-refractivity contribution in [2.75, 3.05) is 0 Å². The highest BCUT2D eigenvalue weighted by molar-refractivity contribution is 6.13. The molecule has 0 heterocycles. The maximum atomic E-state index is 2.41. The van der Waals surface area contributed by atoms with Gasteiger partial charge in [-0.2, -0.15) is 0 Å². The van der Waals surface area contributed by atoms with Gasteiger partial charge in [-0.3, -0.25) is 0 Å². The van der Waals surface area contributed by atoms with Gasteiger partial charge in [-0.05, 0) is 96.0 Å². The second kappa shape index (κ2) is 5.46. The Labute approximate surface area is 169 Å². The summed E-state index contributed by atoms with van der Waals surface area (Å²) in [5, 5.41) is 10.6. The summed E-state index contributed by atoms with van der Waals surface area (Å²) in [7, 11) is 0. The van der Waals surface area contributed by atoms with Crippen molar-refractivity contribution >= 4 is 43.1 Å². The molecule has 0 nitrogen and oxygen atoms in total. The zero-order valence-electron chi connectivity index (χ0n) is 15.9. The molecule has 0 atom stereocenters. The lowest BCUT2D eigenvalue weighted by Gasteiger charge is -2.12. The first-order valence-corrected chi connectivity index (χ1v) is 10.2. The molecule has 0 amide bonds. The molecule has 1 aliphatic carbocycles. The number of fused-ring (bicyclic) bond motifs is 9. The molecule has 0 spiro atoms. The molecule has 0 aliphatic heterocycles. The third-order valence-corrected chi connectivity index (χ3v) is 6.57. The Hall–Kier alpha value is -3.64. The molecule has 0 fully saturated rings. The van der Waals surface area contributed by atoms with Crippen molar-refractivity contribution in [3.05, 3.63) is 108 Å². The van der Waals surface area contributed by atoms with Gasteiger partial charge in [0, 0.05) is 0 Å². The number of rotatable bonds is 0. The van der Waals surface area contributed by atoms with Gasteiger partial charge >= 0.3 is 0 Å².